The van der Waals surface area contributed by atoms with E-state index in [9.17, 15) is 9.59 Å². The van der Waals surface area contributed by atoms with Crippen molar-refractivity contribution in [2.45, 2.75) is 0 Å². The zero-order valence-electron chi connectivity index (χ0n) is 17.9. The molecule has 3 aromatic rings. The quantitative estimate of drug-likeness (QED) is 0.199. The van der Waals surface area contributed by atoms with Gasteiger partial charge in [0, 0.05) is 10.0 Å². The summed E-state index contributed by atoms with van der Waals surface area (Å²) in [5, 5.41) is 3.94. The van der Waals surface area contributed by atoms with Crippen LogP contribution in [0.15, 0.2) is 76.3 Å². The fourth-order valence-corrected chi connectivity index (χ4v) is 3.07. The normalized spacial score (nSPS) is 10.5. The SMILES string of the molecule is COc1ccc(C(=O)Oc2ccc(Br)cc2/C=N/NC(=O)COc2ccccc2OC)cc1. The molecule has 9 heteroatoms. The van der Waals surface area contributed by atoms with Crippen LogP contribution < -0.4 is 24.4 Å². The third-order valence-corrected chi connectivity index (χ3v) is 4.81. The number of amides is 1. The Kier molecular flexibility index (Phi) is 8.43. The van der Waals surface area contributed by atoms with Crippen LogP contribution in [0.25, 0.3) is 0 Å². The molecule has 0 spiro atoms. The monoisotopic (exact) mass is 512 g/mol. The summed E-state index contributed by atoms with van der Waals surface area (Å²) in [5.74, 6) is 0.869. The Morgan fingerprint density at radius 2 is 1.67 bits per heavy atom. The van der Waals surface area contributed by atoms with Gasteiger partial charge in [0.2, 0.25) is 0 Å². The fraction of sp³-hybridized carbons (Fsp3) is 0.125. The molecule has 0 saturated carbocycles. The van der Waals surface area contributed by atoms with Crippen LogP contribution in [0.4, 0.5) is 0 Å². The molecule has 0 saturated heterocycles. The largest absolute Gasteiger partial charge is 0.497 e. The van der Waals surface area contributed by atoms with E-state index >= 15 is 0 Å². The summed E-state index contributed by atoms with van der Waals surface area (Å²) in [6.45, 7) is -0.254. The van der Waals surface area contributed by atoms with E-state index in [1.54, 1.807) is 73.8 Å². The second-order valence-electron chi connectivity index (χ2n) is 6.53. The number of methoxy groups -OCH3 is 2. The average molecular weight is 513 g/mol. The zero-order valence-corrected chi connectivity index (χ0v) is 19.5. The van der Waals surface area contributed by atoms with Gasteiger partial charge in [0.25, 0.3) is 5.91 Å². The van der Waals surface area contributed by atoms with Crippen LogP contribution in [0.5, 0.6) is 23.0 Å². The minimum Gasteiger partial charge on any atom is -0.497 e. The second-order valence-corrected chi connectivity index (χ2v) is 7.45. The summed E-state index contributed by atoms with van der Waals surface area (Å²) in [7, 11) is 3.06. The molecule has 0 aliphatic rings. The predicted molar refractivity (Wildman–Crippen MR) is 126 cm³/mol. The van der Waals surface area contributed by atoms with Crippen LogP contribution in [0.3, 0.4) is 0 Å². The van der Waals surface area contributed by atoms with Crippen molar-refractivity contribution in [3.63, 3.8) is 0 Å². The lowest BCUT2D eigenvalue weighted by Crippen LogP contribution is -2.24. The number of carbonyl (C=O) groups is 2. The number of para-hydroxylation sites is 2. The van der Waals surface area contributed by atoms with Gasteiger partial charge in [0.15, 0.2) is 18.1 Å². The molecule has 0 bridgehead atoms. The lowest BCUT2D eigenvalue weighted by Gasteiger charge is -2.09. The number of hydrogen-bond acceptors (Lipinski definition) is 7. The highest BCUT2D eigenvalue weighted by molar-refractivity contribution is 9.10. The minimum atomic E-state index is -0.538. The van der Waals surface area contributed by atoms with Crippen LogP contribution in [0.1, 0.15) is 15.9 Å². The maximum atomic E-state index is 12.5. The van der Waals surface area contributed by atoms with Gasteiger partial charge in [-0.05, 0) is 54.6 Å². The summed E-state index contributed by atoms with van der Waals surface area (Å²) in [6, 6.07) is 18.6. The number of hydrogen-bond donors (Lipinski definition) is 1. The molecule has 0 atom stereocenters. The number of esters is 1. The molecule has 0 aromatic heterocycles. The van der Waals surface area contributed by atoms with Crippen molar-refractivity contribution in [2.24, 2.45) is 5.10 Å². The summed E-state index contributed by atoms with van der Waals surface area (Å²) in [5.41, 5.74) is 3.23. The number of carbonyl (C=O) groups excluding carboxylic acids is 2. The van der Waals surface area contributed by atoms with E-state index in [1.165, 1.54) is 13.3 Å². The van der Waals surface area contributed by atoms with E-state index in [2.05, 4.69) is 26.5 Å². The molecular weight excluding hydrogens is 492 g/mol. The van der Waals surface area contributed by atoms with Crippen molar-refractivity contribution < 1.29 is 28.5 Å². The first-order valence-corrected chi connectivity index (χ1v) is 10.5. The highest BCUT2D eigenvalue weighted by Crippen LogP contribution is 2.26. The minimum absolute atomic E-state index is 0.254. The maximum Gasteiger partial charge on any atom is 0.343 e. The molecule has 0 radical (unpaired) electrons. The Balaban J connectivity index is 1.62. The molecule has 0 unspecified atom stereocenters. The van der Waals surface area contributed by atoms with E-state index in [-0.39, 0.29) is 12.4 Å². The molecular formula is C24H21BrN2O6. The number of nitrogens with one attached hydrogen (secondary N) is 1. The molecule has 8 nitrogen and oxygen atoms in total. The van der Waals surface area contributed by atoms with Gasteiger partial charge in [-0.25, -0.2) is 10.2 Å². The fourth-order valence-electron chi connectivity index (χ4n) is 2.69. The molecule has 0 aliphatic carbocycles. The first kappa shape index (κ1) is 23.8. The van der Waals surface area contributed by atoms with Gasteiger partial charge in [0.1, 0.15) is 11.5 Å². The highest BCUT2D eigenvalue weighted by Gasteiger charge is 2.12. The topological polar surface area (TPSA) is 95.5 Å². The van der Waals surface area contributed by atoms with Gasteiger partial charge in [0.05, 0.1) is 26.0 Å². The number of ether oxygens (including phenoxy) is 4. The Bertz CT molecular complexity index is 1150. The summed E-state index contributed by atoms with van der Waals surface area (Å²) < 4.78 is 22.0. The maximum absolute atomic E-state index is 12.5. The molecule has 33 heavy (non-hydrogen) atoms. The second kappa shape index (κ2) is 11.7. The number of halogens is 1. The van der Waals surface area contributed by atoms with Crippen LogP contribution >= 0.6 is 15.9 Å². The predicted octanol–water partition coefficient (Wildman–Crippen LogP) is 4.21. The average Bonchev–Trinajstić information content (AvgIpc) is 2.84. The molecule has 3 aromatic carbocycles. The van der Waals surface area contributed by atoms with Crippen molar-refractivity contribution in [3.05, 3.63) is 82.3 Å². The highest BCUT2D eigenvalue weighted by atomic mass is 79.9. The number of nitrogens with zero attached hydrogens (tertiary/aromatic N) is 1. The Morgan fingerprint density at radius 3 is 2.36 bits per heavy atom. The Labute approximate surface area is 199 Å². The van der Waals surface area contributed by atoms with Crippen molar-refractivity contribution in [3.8, 4) is 23.0 Å². The van der Waals surface area contributed by atoms with Gasteiger partial charge >= 0.3 is 5.97 Å². The van der Waals surface area contributed by atoms with E-state index in [4.69, 9.17) is 18.9 Å². The molecule has 1 N–H and O–H groups in total. The van der Waals surface area contributed by atoms with E-state index < -0.39 is 11.9 Å². The third kappa shape index (κ3) is 6.81. The molecule has 3 rings (SSSR count). The zero-order chi connectivity index (χ0) is 23.6. The van der Waals surface area contributed by atoms with Gasteiger partial charge < -0.3 is 18.9 Å². The van der Waals surface area contributed by atoms with E-state index in [0.717, 1.165) is 4.47 Å². The van der Waals surface area contributed by atoms with Crippen LogP contribution in [0, 0.1) is 0 Å². The smallest absolute Gasteiger partial charge is 0.343 e. The number of rotatable bonds is 9. The number of benzene rings is 3. The van der Waals surface area contributed by atoms with E-state index in [1.807, 2.05) is 0 Å². The Morgan fingerprint density at radius 1 is 0.939 bits per heavy atom. The number of hydrazone groups is 1. The summed E-state index contributed by atoms with van der Waals surface area (Å²) in [4.78, 5) is 24.6. The first-order valence-electron chi connectivity index (χ1n) is 9.73. The van der Waals surface area contributed by atoms with Crippen molar-refractivity contribution >= 4 is 34.0 Å². The van der Waals surface area contributed by atoms with Crippen molar-refractivity contribution in [1.82, 2.24) is 5.43 Å². The molecule has 170 valence electrons. The summed E-state index contributed by atoms with van der Waals surface area (Å²) >= 11 is 3.37. The van der Waals surface area contributed by atoms with Gasteiger partial charge in [-0.15, -0.1) is 0 Å². The Hall–Kier alpha value is -3.85. The molecule has 0 fully saturated rings. The van der Waals surface area contributed by atoms with Crippen LogP contribution in [0.2, 0.25) is 0 Å². The van der Waals surface area contributed by atoms with Crippen LogP contribution in [-0.2, 0) is 4.79 Å². The van der Waals surface area contributed by atoms with Crippen molar-refractivity contribution in [2.75, 3.05) is 20.8 Å². The molecule has 0 aliphatic heterocycles. The lowest BCUT2D eigenvalue weighted by atomic mass is 10.2. The first-order chi connectivity index (χ1) is 16.0. The van der Waals surface area contributed by atoms with Gasteiger partial charge in [-0.1, -0.05) is 28.1 Å². The lowest BCUT2D eigenvalue weighted by molar-refractivity contribution is -0.123. The van der Waals surface area contributed by atoms with Gasteiger partial charge in [-0.2, -0.15) is 5.10 Å². The standard InChI is InChI=1S/C24H21BrN2O6/c1-30-19-10-7-16(8-11-19)24(29)33-20-12-9-18(25)13-17(20)14-26-27-23(28)15-32-22-6-4-3-5-21(22)31-2/h3-14H,15H2,1-2H3,(H,27,28)/b26-14+. The molecule has 0 heterocycles. The summed E-state index contributed by atoms with van der Waals surface area (Å²) in [6.07, 6.45) is 1.38. The van der Waals surface area contributed by atoms with Crippen LogP contribution in [-0.4, -0.2) is 38.9 Å². The van der Waals surface area contributed by atoms with Crippen molar-refractivity contribution in [1.29, 1.82) is 0 Å². The third-order valence-electron chi connectivity index (χ3n) is 4.32. The van der Waals surface area contributed by atoms with Gasteiger partial charge in [-0.3, -0.25) is 4.79 Å². The van der Waals surface area contributed by atoms with E-state index in [0.29, 0.717) is 28.4 Å². The molecule has 1 amide bonds.